The molecule has 2 amide bonds. The predicted molar refractivity (Wildman–Crippen MR) is 122 cm³/mol. The van der Waals surface area contributed by atoms with Crippen LogP contribution in [0.15, 0.2) is 42.6 Å². The summed E-state index contributed by atoms with van der Waals surface area (Å²) in [5.74, 6) is -0.763. The van der Waals surface area contributed by atoms with Crippen molar-refractivity contribution in [1.29, 1.82) is 0 Å². The maximum absolute atomic E-state index is 12.8. The minimum absolute atomic E-state index is 0.0944. The largest absolute Gasteiger partial charge is 0.370 e. The zero-order valence-corrected chi connectivity index (χ0v) is 18.0. The average Bonchev–Trinajstić information content (AvgIpc) is 3.14. The summed E-state index contributed by atoms with van der Waals surface area (Å²) in [7, 11) is 4.09. The first-order chi connectivity index (χ1) is 14.9. The number of aromatic nitrogens is 2. The van der Waals surface area contributed by atoms with Crippen LogP contribution in [0.4, 0.5) is 5.69 Å². The van der Waals surface area contributed by atoms with E-state index in [0.29, 0.717) is 5.69 Å². The molecule has 1 aliphatic rings. The van der Waals surface area contributed by atoms with Gasteiger partial charge in [-0.05, 0) is 31.3 Å². The van der Waals surface area contributed by atoms with Crippen molar-refractivity contribution < 1.29 is 9.59 Å². The third-order valence-electron chi connectivity index (χ3n) is 5.79. The quantitative estimate of drug-likeness (QED) is 0.631. The minimum Gasteiger partial charge on any atom is -0.370 e. The van der Waals surface area contributed by atoms with Crippen molar-refractivity contribution in [2.75, 3.05) is 44.7 Å². The molecule has 8 nitrogen and oxygen atoms in total. The lowest BCUT2D eigenvalue weighted by Crippen LogP contribution is -2.44. The standard InChI is InChI=1S/C23H28N6O2/c1-27-11-13-29(14-12-27)17-5-3-16(4-6-17)19-15-20-18(8-10-28(20)2)22(26-19)23(31)25-9-7-21(24)30/h3-6,8,10,15H,7,9,11-14H2,1-2H3,(H2,24,30)(H,25,31). The van der Waals surface area contributed by atoms with Crippen LogP contribution in [0.2, 0.25) is 0 Å². The fourth-order valence-corrected chi connectivity index (χ4v) is 3.88. The second kappa shape index (κ2) is 8.77. The second-order valence-corrected chi connectivity index (χ2v) is 8.02. The first kappa shape index (κ1) is 20.9. The Bertz CT molecular complexity index is 1100. The highest BCUT2D eigenvalue weighted by molar-refractivity contribution is 6.05. The van der Waals surface area contributed by atoms with Crippen molar-refractivity contribution in [3.8, 4) is 11.3 Å². The van der Waals surface area contributed by atoms with Gasteiger partial charge in [0.25, 0.3) is 5.91 Å². The Hall–Kier alpha value is -3.39. The number of anilines is 1. The highest BCUT2D eigenvalue weighted by Gasteiger charge is 2.18. The van der Waals surface area contributed by atoms with Crippen LogP contribution in [0.1, 0.15) is 16.9 Å². The topological polar surface area (TPSA) is 96.5 Å². The van der Waals surface area contributed by atoms with E-state index in [1.807, 2.05) is 29.9 Å². The minimum atomic E-state index is -0.452. The van der Waals surface area contributed by atoms with Gasteiger partial charge in [0.1, 0.15) is 5.69 Å². The molecular formula is C23H28N6O2. The highest BCUT2D eigenvalue weighted by Crippen LogP contribution is 2.27. The number of aryl methyl sites for hydroxylation is 1. The Morgan fingerprint density at radius 3 is 2.45 bits per heavy atom. The number of piperazine rings is 1. The monoisotopic (exact) mass is 420 g/mol. The van der Waals surface area contributed by atoms with E-state index in [0.717, 1.165) is 48.3 Å². The lowest BCUT2D eigenvalue weighted by atomic mass is 10.1. The molecule has 0 atom stereocenters. The van der Waals surface area contributed by atoms with Crippen LogP contribution in [0.25, 0.3) is 22.2 Å². The van der Waals surface area contributed by atoms with Crippen molar-refractivity contribution in [1.82, 2.24) is 19.8 Å². The molecule has 0 spiro atoms. The molecule has 0 unspecified atom stereocenters. The third-order valence-corrected chi connectivity index (χ3v) is 5.79. The molecule has 3 heterocycles. The predicted octanol–water partition coefficient (Wildman–Crippen LogP) is 1.60. The Labute approximate surface area is 181 Å². The summed E-state index contributed by atoms with van der Waals surface area (Å²) in [6.45, 7) is 4.33. The van der Waals surface area contributed by atoms with Crippen molar-refractivity contribution in [3.63, 3.8) is 0 Å². The highest BCUT2D eigenvalue weighted by atomic mass is 16.2. The Kier molecular flexibility index (Phi) is 5.90. The number of rotatable bonds is 6. The van der Waals surface area contributed by atoms with E-state index >= 15 is 0 Å². The molecule has 3 N–H and O–H groups in total. The number of pyridine rings is 1. The lowest BCUT2D eigenvalue weighted by molar-refractivity contribution is -0.117. The molecule has 1 fully saturated rings. The van der Waals surface area contributed by atoms with Crippen LogP contribution in [0.3, 0.4) is 0 Å². The molecule has 0 bridgehead atoms. The lowest BCUT2D eigenvalue weighted by Gasteiger charge is -2.34. The average molecular weight is 421 g/mol. The van der Waals surface area contributed by atoms with Gasteiger partial charge in [-0.15, -0.1) is 0 Å². The number of hydrogen-bond donors (Lipinski definition) is 2. The third kappa shape index (κ3) is 4.54. The van der Waals surface area contributed by atoms with Gasteiger partial charge in [0.2, 0.25) is 5.91 Å². The summed E-state index contributed by atoms with van der Waals surface area (Å²) in [5, 5.41) is 3.52. The van der Waals surface area contributed by atoms with E-state index in [4.69, 9.17) is 5.73 Å². The van der Waals surface area contributed by atoms with Crippen LogP contribution in [-0.4, -0.2) is 66.0 Å². The molecule has 162 valence electrons. The number of primary amides is 1. The van der Waals surface area contributed by atoms with Gasteiger partial charge < -0.3 is 25.4 Å². The number of fused-ring (bicyclic) bond motifs is 1. The van der Waals surface area contributed by atoms with E-state index in [9.17, 15) is 9.59 Å². The number of benzene rings is 1. The summed E-state index contributed by atoms with van der Waals surface area (Å²) in [6.07, 6.45) is 2.00. The first-order valence-corrected chi connectivity index (χ1v) is 10.5. The molecule has 2 aromatic heterocycles. The van der Waals surface area contributed by atoms with Crippen LogP contribution >= 0.6 is 0 Å². The number of carbonyl (C=O) groups excluding carboxylic acids is 2. The molecule has 8 heteroatoms. The molecule has 1 aromatic carbocycles. The summed E-state index contributed by atoms with van der Waals surface area (Å²) in [5.41, 5.74) is 9.32. The van der Waals surface area contributed by atoms with Crippen molar-refractivity contribution >= 4 is 28.4 Å². The number of nitrogens with two attached hydrogens (primary N) is 1. The number of nitrogens with one attached hydrogen (secondary N) is 1. The summed E-state index contributed by atoms with van der Waals surface area (Å²) >= 11 is 0. The van der Waals surface area contributed by atoms with Gasteiger partial charge >= 0.3 is 0 Å². The zero-order valence-electron chi connectivity index (χ0n) is 18.0. The molecule has 0 radical (unpaired) electrons. The Morgan fingerprint density at radius 2 is 1.77 bits per heavy atom. The molecule has 0 aliphatic carbocycles. The van der Waals surface area contributed by atoms with E-state index in [-0.39, 0.29) is 18.9 Å². The SMILES string of the molecule is CN1CCN(c2ccc(-c3cc4c(ccn4C)c(C(=O)NCCC(N)=O)n3)cc2)CC1. The first-order valence-electron chi connectivity index (χ1n) is 10.5. The zero-order chi connectivity index (χ0) is 22.0. The molecule has 1 aliphatic heterocycles. The molecule has 0 saturated carbocycles. The molecule has 31 heavy (non-hydrogen) atoms. The smallest absolute Gasteiger partial charge is 0.270 e. The molecule has 4 rings (SSSR count). The summed E-state index contributed by atoms with van der Waals surface area (Å²) in [6, 6.07) is 12.2. The van der Waals surface area contributed by atoms with Gasteiger partial charge in [0, 0.05) is 69.0 Å². The summed E-state index contributed by atoms with van der Waals surface area (Å²) in [4.78, 5) is 33.1. The van der Waals surface area contributed by atoms with Gasteiger partial charge in [-0.25, -0.2) is 4.98 Å². The number of nitrogens with zero attached hydrogens (tertiary/aromatic N) is 4. The van der Waals surface area contributed by atoms with Crippen molar-refractivity contribution in [2.45, 2.75) is 6.42 Å². The van der Waals surface area contributed by atoms with Crippen LogP contribution in [0, 0.1) is 0 Å². The van der Waals surface area contributed by atoms with Gasteiger partial charge in [-0.2, -0.15) is 0 Å². The maximum Gasteiger partial charge on any atom is 0.270 e. The van der Waals surface area contributed by atoms with Gasteiger partial charge in [-0.3, -0.25) is 9.59 Å². The number of carbonyl (C=O) groups is 2. The van der Waals surface area contributed by atoms with Gasteiger partial charge in [-0.1, -0.05) is 12.1 Å². The molecule has 1 saturated heterocycles. The van der Waals surface area contributed by atoms with E-state index in [2.05, 4.69) is 51.4 Å². The molecular weight excluding hydrogens is 392 g/mol. The van der Waals surface area contributed by atoms with Crippen molar-refractivity contribution in [3.05, 3.63) is 48.3 Å². The van der Waals surface area contributed by atoms with Crippen molar-refractivity contribution in [2.24, 2.45) is 12.8 Å². The van der Waals surface area contributed by atoms with E-state index < -0.39 is 5.91 Å². The number of amides is 2. The van der Waals surface area contributed by atoms with Crippen LogP contribution in [-0.2, 0) is 11.8 Å². The summed E-state index contributed by atoms with van der Waals surface area (Å²) < 4.78 is 1.97. The molecule has 3 aromatic rings. The Morgan fingerprint density at radius 1 is 1.06 bits per heavy atom. The fraction of sp³-hybridized carbons (Fsp3) is 0.348. The normalized spacial score (nSPS) is 14.7. The number of hydrogen-bond acceptors (Lipinski definition) is 5. The van der Waals surface area contributed by atoms with E-state index in [1.165, 1.54) is 5.69 Å². The Balaban J connectivity index is 1.62. The van der Waals surface area contributed by atoms with Gasteiger partial charge in [0.15, 0.2) is 0 Å². The van der Waals surface area contributed by atoms with E-state index in [1.54, 1.807) is 0 Å². The maximum atomic E-state index is 12.8. The fourth-order valence-electron chi connectivity index (χ4n) is 3.88. The van der Waals surface area contributed by atoms with Crippen LogP contribution < -0.4 is 16.0 Å². The van der Waals surface area contributed by atoms with Crippen LogP contribution in [0.5, 0.6) is 0 Å². The second-order valence-electron chi connectivity index (χ2n) is 8.02. The number of likely N-dealkylation sites (N-methyl/N-ethyl adjacent to an activating group) is 1. The van der Waals surface area contributed by atoms with Gasteiger partial charge in [0.05, 0.1) is 11.2 Å².